The molecule has 0 aliphatic rings. The topological polar surface area (TPSA) is 76.0 Å². The van der Waals surface area contributed by atoms with Gasteiger partial charge >= 0.3 is 5.97 Å². The Bertz CT molecular complexity index is 175. The molecule has 0 spiro atoms. The molecule has 0 aromatic carbocycles. The molecular formula is C7H12O5. The van der Waals surface area contributed by atoms with E-state index in [1.54, 1.807) is 0 Å². The molecule has 2 N–H and O–H groups in total. The lowest BCUT2D eigenvalue weighted by molar-refractivity contribution is -0.168. The summed E-state index contributed by atoms with van der Waals surface area (Å²) in [5.74, 6) is -0.724. The second kappa shape index (κ2) is 5.56. The maximum absolute atomic E-state index is 10.9. The molecule has 0 fully saturated rings. The van der Waals surface area contributed by atoms with Crippen LogP contribution < -0.4 is 0 Å². The first-order valence-corrected chi connectivity index (χ1v) is 3.31. The summed E-state index contributed by atoms with van der Waals surface area (Å²) in [5.41, 5.74) is 0.213. The minimum absolute atomic E-state index is 0.213. The van der Waals surface area contributed by atoms with E-state index in [1.807, 2.05) is 0 Å². The Kier molecular flexibility index (Phi) is 5.07. The summed E-state index contributed by atoms with van der Waals surface area (Å²) in [6, 6.07) is 0. The number of aliphatic hydroxyl groups is 2. The second-order valence-electron chi connectivity index (χ2n) is 2.08. The van der Waals surface area contributed by atoms with Gasteiger partial charge in [0, 0.05) is 0 Å². The molecule has 0 saturated carbocycles. The van der Waals surface area contributed by atoms with Crippen molar-refractivity contribution in [1.82, 2.24) is 0 Å². The molecule has 12 heavy (non-hydrogen) atoms. The Morgan fingerprint density at radius 1 is 1.67 bits per heavy atom. The van der Waals surface area contributed by atoms with Crippen LogP contribution in [0.5, 0.6) is 0 Å². The summed E-state index contributed by atoms with van der Waals surface area (Å²) in [4.78, 5) is 10.9. The quantitative estimate of drug-likeness (QED) is 0.258. The molecule has 0 aliphatic carbocycles. The molecule has 70 valence electrons. The molecule has 0 saturated heterocycles. The fourth-order valence-electron chi connectivity index (χ4n) is 0.479. The number of esters is 1. The molecule has 0 heterocycles. The standard InChI is InChI=1S/C7H12O5/c1-5(4-11-2)7(10)12-6(9)3-8/h4,6,8-9H,3H2,1-2H3/b5-4+. The third-order valence-corrected chi connectivity index (χ3v) is 1.02. The molecule has 0 aliphatic heterocycles. The molecule has 0 radical (unpaired) electrons. The van der Waals surface area contributed by atoms with Crippen LogP contribution in [0.25, 0.3) is 0 Å². The van der Waals surface area contributed by atoms with Crippen LogP contribution in [0, 0.1) is 0 Å². The van der Waals surface area contributed by atoms with Gasteiger partial charge in [-0.25, -0.2) is 4.79 Å². The largest absolute Gasteiger partial charge is 0.504 e. The highest BCUT2D eigenvalue weighted by molar-refractivity contribution is 5.87. The number of rotatable bonds is 4. The van der Waals surface area contributed by atoms with Crippen LogP contribution >= 0.6 is 0 Å². The number of carbonyl (C=O) groups excluding carboxylic acids is 1. The Hall–Kier alpha value is -1.07. The number of ether oxygens (including phenoxy) is 2. The summed E-state index contributed by atoms with van der Waals surface area (Å²) in [6.45, 7) is 0.849. The van der Waals surface area contributed by atoms with Gasteiger partial charge in [0.1, 0.15) is 6.61 Å². The molecule has 1 unspecified atom stereocenters. The number of hydrogen-bond acceptors (Lipinski definition) is 5. The zero-order chi connectivity index (χ0) is 9.56. The minimum Gasteiger partial charge on any atom is -0.504 e. The summed E-state index contributed by atoms with van der Waals surface area (Å²) < 4.78 is 8.87. The lowest BCUT2D eigenvalue weighted by atomic mass is 10.3. The van der Waals surface area contributed by atoms with Gasteiger partial charge < -0.3 is 19.7 Å². The Labute approximate surface area is 70.2 Å². The second-order valence-corrected chi connectivity index (χ2v) is 2.08. The molecule has 0 rings (SSSR count). The van der Waals surface area contributed by atoms with Gasteiger partial charge in [-0.2, -0.15) is 0 Å². The van der Waals surface area contributed by atoms with Crippen molar-refractivity contribution in [2.75, 3.05) is 13.7 Å². The lowest BCUT2D eigenvalue weighted by Crippen LogP contribution is -2.21. The van der Waals surface area contributed by atoms with Crippen LogP contribution in [0.4, 0.5) is 0 Å². The smallest absolute Gasteiger partial charge is 0.339 e. The number of methoxy groups -OCH3 is 1. The Balaban J connectivity index is 3.95. The normalized spacial score (nSPS) is 13.8. The predicted molar refractivity (Wildman–Crippen MR) is 40.0 cm³/mol. The van der Waals surface area contributed by atoms with Gasteiger partial charge in [0.15, 0.2) is 0 Å². The van der Waals surface area contributed by atoms with Crippen molar-refractivity contribution in [3.8, 4) is 0 Å². The Morgan fingerprint density at radius 2 is 2.25 bits per heavy atom. The predicted octanol–water partition coefficient (Wildman–Crippen LogP) is -0.610. The van der Waals surface area contributed by atoms with E-state index in [9.17, 15) is 4.79 Å². The summed E-state index contributed by atoms with van der Waals surface area (Å²) in [5, 5.41) is 17.0. The highest BCUT2D eigenvalue weighted by Crippen LogP contribution is 1.98. The first kappa shape index (κ1) is 10.9. The van der Waals surface area contributed by atoms with Gasteiger partial charge in [-0.3, -0.25) is 0 Å². The van der Waals surface area contributed by atoms with E-state index in [4.69, 9.17) is 10.2 Å². The maximum Gasteiger partial charge on any atom is 0.339 e. The van der Waals surface area contributed by atoms with Crippen molar-refractivity contribution in [2.45, 2.75) is 13.2 Å². The van der Waals surface area contributed by atoms with Crippen LogP contribution in [0.3, 0.4) is 0 Å². The summed E-state index contributed by atoms with van der Waals surface area (Å²) in [6.07, 6.45) is -0.287. The third kappa shape index (κ3) is 3.95. The van der Waals surface area contributed by atoms with Gasteiger partial charge in [-0.05, 0) is 6.92 Å². The van der Waals surface area contributed by atoms with E-state index in [1.165, 1.54) is 20.3 Å². The van der Waals surface area contributed by atoms with Crippen molar-refractivity contribution >= 4 is 5.97 Å². The molecule has 0 bridgehead atoms. The van der Waals surface area contributed by atoms with Crippen molar-refractivity contribution < 1.29 is 24.5 Å². The third-order valence-electron chi connectivity index (χ3n) is 1.02. The monoisotopic (exact) mass is 176 g/mol. The van der Waals surface area contributed by atoms with Crippen molar-refractivity contribution in [3.05, 3.63) is 11.8 Å². The van der Waals surface area contributed by atoms with Crippen LogP contribution in [0.2, 0.25) is 0 Å². The zero-order valence-electron chi connectivity index (χ0n) is 6.98. The molecule has 1 atom stereocenters. The molecule has 0 aromatic heterocycles. The SMILES string of the molecule is CO/C=C(\C)C(=O)OC(O)CO. The average molecular weight is 176 g/mol. The average Bonchev–Trinajstić information content (AvgIpc) is 2.04. The van der Waals surface area contributed by atoms with E-state index in [-0.39, 0.29) is 5.57 Å². The van der Waals surface area contributed by atoms with Crippen LogP contribution in [-0.4, -0.2) is 36.2 Å². The van der Waals surface area contributed by atoms with E-state index in [2.05, 4.69) is 9.47 Å². The first-order valence-electron chi connectivity index (χ1n) is 3.31. The summed E-state index contributed by atoms with van der Waals surface area (Å²) in [7, 11) is 1.39. The van der Waals surface area contributed by atoms with Crippen LogP contribution in [0.1, 0.15) is 6.92 Å². The van der Waals surface area contributed by atoms with E-state index >= 15 is 0 Å². The van der Waals surface area contributed by atoms with Crippen LogP contribution in [-0.2, 0) is 14.3 Å². The maximum atomic E-state index is 10.9. The minimum atomic E-state index is -1.47. The van der Waals surface area contributed by atoms with Crippen molar-refractivity contribution in [1.29, 1.82) is 0 Å². The summed E-state index contributed by atoms with van der Waals surface area (Å²) >= 11 is 0. The van der Waals surface area contributed by atoms with E-state index < -0.39 is 18.9 Å². The number of hydrogen-bond donors (Lipinski definition) is 2. The highest BCUT2D eigenvalue weighted by Gasteiger charge is 2.11. The Morgan fingerprint density at radius 3 is 2.67 bits per heavy atom. The fourth-order valence-corrected chi connectivity index (χ4v) is 0.479. The molecule has 5 heteroatoms. The molecule has 5 nitrogen and oxygen atoms in total. The van der Waals surface area contributed by atoms with Crippen molar-refractivity contribution in [3.63, 3.8) is 0 Å². The zero-order valence-corrected chi connectivity index (χ0v) is 6.98. The van der Waals surface area contributed by atoms with Crippen molar-refractivity contribution in [2.24, 2.45) is 0 Å². The van der Waals surface area contributed by atoms with Gasteiger partial charge in [0.05, 0.1) is 18.9 Å². The van der Waals surface area contributed by atoms with E-state index in [0.717, 1.165) is 0 Å². The molecular weight excluding hydrogens is 164 g/mol. The van der Waals surface area contributed by atoms with Gasteiger partial charge in [0.2, 0.25) is 6.29 Å². The van der Waals surface area contributed by atoms with Gasteiger partial charge in [0.25, 0.3) is 0 Å². The van der Waals surface area contributed by atoms with Gasteiger partial charge in [-0.15, -0.1) is 0 Å². The number of aliphatic hydroxyl groups excluding tert-OH is 2. The first-order chi connectivity index (χ1) is 5.61. The van der Waals surface area contributed by atoms with E-state index in [0.29, 0.717) is 0 Å². The number of carbonyl (C=O) groups is 1. The lowest BCUT2D eigenvalue weighted by Gasteiger charge is -2.08. The fraction of sp³-hybridized carbons (Fsp3) is 0.571. The van der Waals surface area contributed by atoms with Crippen LogP contribution in [0.15, 0.2) is 11.8 Å². The van der Waals surface area contributed by atoms with Gasteiger partial charge in [-0.1, -0.05) is 0 Å². The highest BCUT2D eigenvalue weighted by atomic mass is 16.6. The molecule has 0 amide bonds. The molecule has 0 aromatic rings.